The average molecular weight is 265 g/mol. The van der Waals surface area contributed by atoms with Gasteiger partial charge in [0, 0.05) is 12.6 Å². The van der Waals surface area contributed by atoms with Crippen LogP contribution in [0.25, 0.3) is 11.0 Å². The van der Waals surface area contributed by atoms with Gasteiger partial charge in [-0.15, -0.1) is 0 Å². The molecule has 0 atom stereocenters. The van der Waals surface area contributed by atoms with E-state index in [-0.39, 0.29) is 12.4 Å². The minimum atomic E-state index is -0.882. The molecule has 1 heterocycles. The van der Waals surface area contributed by atoms with Crippen molar-refractivity contribution in [1.82, 2.24) is 14.5 Å². The Kier molecular flexibility index (Phi) is 3.80. The number of hydrogen-bond acceptors (Lipinski definition) is 3. The largest absolute Gasteiger partial charge is 0.480 e. The molecule has 0 amide bonds. The van der Waals surface area contributed by atoms with Crippen LogP contribution in [0.3, 0.4) is 0 Å². The smallest absolute Gasteiger partial charge is 0.317 e. The Balaban J connectivity index is 2.34. The van der Waals surface area contributed by atoms with Crippen LogP contribution in [0.1, 0.15) is 12.7 Å². The summed E-state index contributed by atoms with van der Waals surface area (Å²) >= 11 is 0. The summed E-state index contributed by atoms with van der Waals surface area (Å²) in [5, 5.41) is 8.75. The number of benzene rings is 1. The number of imidazole rings is 1. The van der Waals surface area contributed by atoms with Gasteiger partial charge in [0.15, 0.2) is 0 Å². The molecular weight excluding hydrogens is 249 g/mol. The number of nitrogens with zero attached hydrogens (tertiary/aromatic N) is 3. The second-order valence-corrected chi connectivity index (χ2v) is 4.47. The van der Waals surface area contributed by atoms with Gasteiger partial charge in [-0.05, 0) is 26.1 Å². The topological polar surface area (TPSA) is 58.4 Å². The zero-order valence-electron chi connectivity index (χ0n) is 10.9. The Morgan fingerprint density at radius 1 is 1.53 bits per heavy atom. The molecule has 0 spiro atoms. The van der Waals surface area contributed by atoms with E-state index in [9.17, 15) is 9.18 Å². The first-order valence-corrected chi connectivity index (χ1v) is 6.06. The molecule has 6 heteroatoms. The summed E-state index contributed by atoms with van der Waals surface area (Å²) in [7, 11) is 1.72. The van der Waals surface area contributed by atoms with Crippen LogP contribution in [-0.2, 0) is 17.9 Å². The Morgan fingerprint density at radius 3 is 2.89 bits per heavy atom. The van der Waals surface area contributed by atoms with E-state index in [1.165, 1.54) is 12.1 Å². The minimum Gasteiger partial charge on any atom is -0.480 e. The summed E-state index contributed by atoms with van der Waals surface area (Å²) in [5.41, 5.74) is 1.46. The first-order chi connectivity index (χ1) is 9.01. The van der Waals surface area contributed by atoms with Crippen molar-refractivity contribution in [2.45, 2.75) is 20.0 Å². The second kappa shape index (κ2) is 5.36. The SMILES string of the molecule is CCn1c(CN(C)CC(=O)O)nc2cc(F)ccc21. The van der Waals surface area contributed by atoms with Crippen LogP contribution in [0, 0.1) is 5.82 Å². The zero-order valence-corrected chi connectivity index (χ0v) is 10.9. The first-order valence-electron chi connectivity index (χ1n) is 6.06. The number of likely N-dealkylation sites (N-methyl/N-ethyl adjacent to an activating group) is 1. The number of fused-ring (bicyclic) bond motifs is 1. The molecule has 1 aromatic carbocycles. The van der Waals surface area contributed by atoms with Gasteiger partial charge in [0.25, 0.3) is 0 Å². The van der Waals surface area contributed by atoms with Crippen molar-refractivity contribution in [1.29, 1.82) is 0 Å². The predicted molar refractivity (Wildman–Crippen MR) is 69.3 cm³/mol. The Bertz CT molecular complexity index is 609. The van der Waals surface area contributed by atoms with Gasteiger partial charge in [-0.25, -0.2) is 9.37 Å². The molecule has 0 aliphatic heterocycles. The summed E-state index contributed by atoms with van der Waals surface area (Å²) in [4.78, 5) is 16.7. The number of carboxylic acid groups (broad SMARTS) is 1. The molecule has 0 radical (unpaired) electrons. The highest BCUT2D eigenvalue weighted by Crippen LogP contribution is 2.18. The lowest BCUT2D eigenvalue weighted by Crippen LogP contribution is -2.26. The molecular formula is C13H16FN3O2. The number of carbonyl (C=O) groups is 1. The molecule has 0 bridgehead atoms. The van der Waals surface area contributed by atoms with Crippen LogP contribution in [-0.4, -0.2) is 39.1 Å². The first kappa shape index (κ1) is 13.5. The molecule has 1 N–H and O–H groups in total. The fourth-order valence-corrected chi connectivity index (χ4v) is 2.15. The summed E-state index contributed by atoms with van der Waals surface area (Å²) < 4.78 is 15.1. The van der Waals surface area contributed by atoms with Crippen molar-refractivity contribution >= 4 is 17.0 Å². The summed E-state index contributed by atoms with van der Waals surface area (Å²) in [6, 6.07) is 4.49. The molecule has 0 unspecified atom stereocenters. The third kappa shape index (κ3) is 2.90. The number of halogens is 1. The number of aryl methyl sites for hydroxylation is 1. The molecule has 2 rings (SSSR count). The van der Waals surface area contributed by atoms with E-state index >= 15 is 0 Å². The van der Waals surface area contributed by atoms with E-state index in [1.54, 1.807) is 18.0 Å². The van der Waals surface area contributed by atoms with Crippen molar-refractivity contribution in [3.63, 3.8) is 0 Å². The van der Waals surface area contributed by atoms with Crippen LogP contribution < -0.4 is 0 Å². The highest BCUT2D eigenvalue weighted by atomic mass is 19.1. The lowest BCUT2D eigenvalue weighted by molar-refractivity contribution is -0.138. The van der Waals surface area contributed by atoms with Crippen LogP contribution in [0.4, 0.5) is 4.39 Å². The maximum Gasteiger partial charge on any atom is 0.317 e. The van der Waals surface area contributed by atoms with Gasteiger partial charge in [0.05, 0.1) is 24.1 Å². The molecule has 0 aliphatic carbocycles. The monoisotopic (exact) mass is 265 g/mol. The maximum absolute atomic E-state index is 13.2. The van der Waals surface area contributed by atoms with Crippen LogP contribution in [0.2, 0.25) is 0 Å². The van der Waals surface area contributed by atoms with Crippen molar-refractivity contribution in [3.8, 4) is 0 Å². The van der Waals surface area contributed by atoms with E-state index in [4.69, 9.17) is 5.11 Å². The van der Waals surface area contributed by atoms with E-state index < -0.39 is 5.97 Å². The minimum absolute atomic E-state index is 0.0543. The fourth-order valence-electron chi connectivity index (χ4n) is 2.15. The zero-order chi connectivity index (χ0) is 14.0. The van der Waals surface area contributed by atoms with Crippen molar-refractivity contribution in [2.24, 2.45) is 0 Å². The van der Waals surface area contributed by atoms with Crippen LogP contribution in [0.5, 0.6) is 0 Å². The van der Waals surface area contributed by atoms with Crippen molar-refractivity contribution < 1.29 is 14.3 Å². The molecule has 0 saturated heterocycles. The summed E-state index contributed by atoms with van der Waals surface area (Å²) in [6.07, 6.45) is 0. The van der Waals surface area contributed by atoms with Gasteiger partial charge in [-0.2, -0.15) is 0 Å². The number of rotatable bonds is 5. The molecule has 0 aliphatic rings. The number of carboxylic acids is 1. The normalized spacial score (nSPS) is 11.4. The summed E-state index contributed by atoms with van der Waals surface area (Å²) in [6.45, 7) is 3.04. The van der Waals surface area contributed by atoms with E-state index in [1.807, 2.05) is 11.5 Å². The molecule has 0 saturated carbocycles. The van der Waals surface area contributed by atoms with E-state index in [0.29, 0.717) is 18.6 Å². The van der Waals surface area contributed by atoms with Crippen LogP contribution in [0.15, 0.2) is 18.2 Å². The lowest BCUT2D eigenvalue weighted by atomic mass is 10.3. The van der Waals surface area contributed by atoms with Gasteiger partial charge in [0.2, 0.25) is 0 Å². The average Bonchev–Trinajstić information content (AvgIpc) is 2.63. The highest BCUT2D eigenvalue weighted by molar-refractivity contribution is 5.76. The van der Waals surface area contributed by atoms with Gasteiger partial charge >= 0.3 is 5.97 Å². The third-order valence-electron chi connectivity index (χ3n) is 2.92. The maximum atomic E-state index is 13.2. The molecule has 2 aromatic rings. The van der Waals surface area contributed by atoms with Gasteiger partial charge in [0.1, 0.15) is 11.6 Å². The Morgan fingerprint density at radius 2 is 2.26 bits per heavy atom. The van der Waals surface area contributed by atoms with Gasteiger partial charge in [-0.1, -0.05) is 0 Å². The van der Waals surface area contributed by atoms with Crippen molar-refractivity contribution in [2.75, 3.05) is 13.6 Å². The number of aromatic nitrogens is 2. The van der Waals surface area contributed by atoms with Gasteiger partial charge in [-0.3, -0.25) is 9.69 Å². The summed E-state index contributed by atoms with van der Waals surface area (Å²) in [5.74, 6) is -0.460. The lowest BCUT2D eigenvalue weighted by Gasteiger charge is -2.14. The quantitative estimate of drug-likeness (QED) is 0.894. The number of aliphatic carboxylic acids is 1. The molecule has 5 nitrogen and oxygen atoms in total. The second-order valence-electron chi connectivity index (χ2n) is 4.47. The molecule has 1 aromatic heterocycles. The molecule has 0 fully saturated rings. The van der Waals surface area contributed by atoms with Crippen LogP contribution >= 0.6 is 0 Å². The predicted octanol–water partition coefficient (Wildman–Crippen LogP) is 1.71. The molecule has 102 valence electrons. The number of hydrogen-bond donors (Lipinski definition) is 1. The molecule has 19 heavy (non-hydrogen) atoms. The Labute approximate surface area is 110 Å². The highest BCUT2D eigenvalue weighted by Gasteiger charge is 2.13. The Hall–Kier alpha value is -1.95. The van der Waals surface area contributed by atoms with E-state index in [0.717, 1.165) is 11.3 Å². The van der Waals surface area contributed by atoms with Crippen molar-refractivity contribution in [3.05, 3.63) is 29.8 Å². The van der Waals surface area contributed by atoms with E-state index in [2.05, 4.69) is 4.98 Å². The fraction of sp³-hybridized carbons (Fsp3) is 0.385. The van der Waals surface area contributed by atoms with Gasteiger partial charge < -0.3 is 9.67 Å². The third-order valence-corrected chi connectivity index (χ3v) is 2.92. The standard InChI is InChI=1S/C13H16FN3O2/c1-3-17-11-5-4-9(14)6-10(11)15-12(17)7-16(2)8-13(18)19/h4-6H,3,7-8H2,1-2H3,(H,18,19).